The van der Waals surface area contributed by atoms with Gasteiger partial charge in [0.2, 0.25) is 0 Å². The lowest BCUT2D eigenvalue weighted by Gasteiger charge is -2.17. The topological polar surface area (TPSA) is 46.2 Å². The van der Waals surface area contributed by atoms with Gasteiger partial charge in [0.05, 0.1) is 0 Å². The molecule has 3 heteroatoms. The van der Waals surface area contributed by atoms with Crippen LogP contribution in [-0.4, -0.2) is 18.3 Å². The fourth-order valence-electron chi connectivity index (χ4n) is 1.69. The first-order valence-corrected chi connectivity index (χ1v) is 5.61. The van der Waals surface area contributed by atoms with E-state index in [1.165, 1.54) is 5.56 Å². The zero-order valence-corrected chi connectivity index (χ0v) is 9.74. The van der Waals surface area contributed by atoms with Crippen LogP contribution in [0, 0.1) is 5.92 Å². The third-order valence-electron chi connectivity index (χ3n) is 2.70. The predicted molar refractivity (Wildman–Crippen MR) is 64.1 cm³/mol. The normalized spacial score (nSPS) is 14.9. The van der Waals surface area contributed by atoms with Crippen molar-refractivity contribution < 1.29 is 5.11 Å². The molecule has 0 fully saturated rings. The molecule has 0 amide bonds. The summed E-state index contributed by atoms with van der Waals surface area (Å²) >= 11 is 5.92. The van der Waals surface area contributed by atoms with Crippen molar-refractivity contribution in [2.45, 2.75) is 19.3 Å². The van der Waals surface area contributed by atoms with Crippen LogP contribution in [0.25, 0.3) is 0 Å². The maximum atomic E-state index is 9.07. The van der Waals surface area contributed by atoms with Crippen molar-refractivity contribution in [3.05, 3.63) is 34.9 Å². The summed E-state index contributed by atoms with van der Waals surface area (Å²) in [6, 6.07) is 7.84. The van der Waals surface area contributed by atoms with Crippen LogP contribution in [0.15, 0.2) is 24.3 Å². The van der Waals surface area contributed by atoms with Gasteiger partial charge in [0.1, 0.15) is 0 Å². The van der Waals surface area contributed by atoms with E-state index in [0.717, 1.165) is 11.4 Å². The first-order chi connectivity index (χ1) is 7.17. The van der Waals surface area contributed by atoms with Crippen molar-refractivity contribution in [1.82, 2.24) is 0 Å². The van der Waals surface area contributed by atoms with Crippen LogP contribution in [0.5, 0.6) is 0 Å². The number of hydrogen-bond donors (Lipinski definition) is 2. The second-order valence-corrected chi connectivity index (χ2v) is 4.41. The van der Waals surface area contributed by atoms with Crippen molar-refractivity contribution >= 4 is 11.6 Å². The van der Waals surface area contributed by atoms with Crippen molar-refractivity contribution in [3.63, 3.8) is 0 Å². The molecule has 2 nitrogen and oxygen atoms in total. The highest BCUT2D eigenvalue weighted by Gasteiger charge is 2.12. The van der Waals surface area contributed by atoms with Gasteiger partial charge in [-0.2, -0.15) is 0 Å². The average molecular weight is 228 g/mol. The summed E-state index contributed by atoms with van der Waals surface area (Å²) in [5.74, 6) is 0.559. The Morgan fingerprint density at radius 1 is 1.47 bits per heavy atom. The Morgan fingerprint density at radius 2 is 2.20 bits per heavy atom. The zero-order valence-electron chi connectivity index (χ0n) is 8.99. The third kappa shape index (κ3) is 3.82. The fraction of sp³-hybridized carbons (Fsp3) is 0.500. The van der Waals surface area contributed by atoms with Crippen molar-refractivity contribution in [2.24, 2.45) is 11.7 Å². The third-order valence-corrected chi connectivity index (χ3v) is 2.93. The number of aliphatic hydroxyl groups excluding tert-OH is 1. The number of halogens is 1. The van der Waals surface area contributed by atoms with Crippen LogP contribution in [0.4, 0.5) is 0 Å². The molecule has 2 unspecified atom stereocenters. The summed E-state index contributed by atoms with van der Waals surface area (Å²) in [7, 11) is 0. The Bertz CT molecular complexity index is 299. The Kier molecular flexibility index (Phi) is 5.09. The van der Waals surface area contributed by atoms with Gasteiger partial charge in [-0.1, -0.05) is 30.7 Å². The van der Waals surface area contributed by atoms with Crippen LogP contribution in [0.1, 0.15) is 24.8 Å². The van der Waals surface area contributed by atoms with Gasteiger partial charge in [-0.3, -0.25) is 0 Å². The molecule has 1 aromatic carbocycles. The van der Waals surface area contributed by atoms with Gasteiger partial charge < -0.3 is 10.8 Å². The predicted octanol–water partition coefficient (Wildman–Crippen LogP) is 2.40. The van der Waals surface area contributed by atoms with Crippen LogP contribution in [0.3, 0.4) is 0 Å². The second-order valence-electron chi connectivity index (χ2n) is 3.98. The maximum absolute atomic E-state index is 9.07. The lowest BCUT2D eigenvalue weighted by molar-refractivity contribution is 0.217. The SMILES string of the molecule is CC(CC(CN)CO)c1cccc(Cl)c1. The van der Waals surface area contributed by atoms with Gasteiger partial charge in [0.25, 0.3) is 0 Å². The first kappa shape index (κ1) is 12.5. The minimum atomic E-state index is 0.154. The molecule has 1 rings (SSSR count). The highest BCUT2D eigenvalue weighted by molar-refractivity contribution is 6.30. The molecule has 0 heterocycles. The number of rotatable bonds is 5. The summed E-state index contributed by atoms with van der Waals surface area (Å²) in [5, 5.41) is 9.83. The number of nitrogens with two attached hydrogens (primary N) is 1. The van der Waals surface area contributed by atoms with Gasteiger partial charge in [0.15, 0.2) is 0 Å². The molecule has 84 valence electrons. The summed E-state index contributed by atoms with van der Waals surface area (Å²) < 4.78 is 0. The van der Waals surface area contributed by atoms with E-state index >= 15 is 0 Å². The lowest BCUT2D eigenvalue weighted by atomic mass is 9.91. The molecule has 0 saturated heterocycles. The molecule has 0 saturated carbocycles. The Balaban J connectivity index is 2.64. The van der Waals surface area contributed by atoms with E-state index in [2.05, 4.69) is 13.0 Å². The van der Waals surface area contributed by atoms with Crippen molar-refractivity contribution in [3.8, 4) is 0 Å². The standard InChI is InChI=1S/C12H18ClNO/c1-9(5-10(7-14)8-15)11-3-2-4-12(13)6-11/h2-4,6,9-10,15H,5,7-8,14H2,1H3. The van der Waals surface area contributed by atoms with Gasteiger partial charge in [-0.25, -0.2) is 0 Å². The molecule has 2 atom stereocenters. The quantitative estimate of drug-likeness (QED) is 0.812. The van der Waals surface area contributed by atoms with E-state index in [4.69, 9.17) is 22.4 Å². The molecular formula is C12H18ClNO. The molecule has 0 radical (unpaired) electrons. The highest BCUT2D eigenvalue weighted by atomic mass is 35.5. The monoisotopic (exact) mass is 227 g/mol. The largest absolute Gasteiger partial charge is 0.396 e. The molecule has 0 spiro atoms. The second kappa shape index (κ2) is 6.11. The van der Waals surface area contributed by atoms with Gasteiger partial charge in [-0.05, 0) is 42.5 Å². The Labute approximate surface area is 96.1 Å². The van der Waals surface area contributed by atoms with Gasteiger partial charge in [-0.15, -0.1) is 0 Å². The molecule has 0 bridgehead atoms. The fourth-order valence-corrected chi connectivity index (χ4v) is 1.89. The number of hydrogen-bond acceptors (Lipinski definition) is 2. The number of benzene rings is 1. The molecule has 0 aliphatic heterocycles. The van der Waals surface area contributed by atoms with Crippen LogP contribution in [-0.2, 0) is 0 Å². The zero-order chi connectivity index (χ0) is 11.3. The first-order valence-electron chi connectivity index (χ1n) is 5.23. The van der Waals surface area contributed by atoms with Gasteiger partial charge in [0, 0.05) is 11.6 Å². The molecular weight excluding hydrogens is 210 g/mol. The van der Waals surface area contributed by atoms with Crippen LogP contribution >= 0.6 is 11.6 Å². The van der Waals surface area contributed by atoms with E-state index in [1.54, 1.807) is 0 Å². The molecule has 0 aliphatic rings. The average Bonchev–Trinajstić information content (AvgIpc) is 2.25. The number of aliphatic hydroxyl groups is 1. The Morgan fingerprint density at radius 3 is 2.73 bits per heavy atom. The molecule has 1 aromatic rings. The van der Waals surface area contributed by atoms with Crippen LogP contribution in [0.2, 0.25) is 5.02 Å². The summed E-state index contributed by atoms with van der Waals surface area (Å²) in [5.41, 5.74) is 6.76. The van der Waals surface area contributed by atoms with Crippen molar-refractivity contribution in [2.75, 3.05) is 13.2 Å². The minimum Gasteiger partial charge on any atom is -0.396 e. The van der Waals surface area contributed by atoms with Gasteiger partial charge >= 0.3 is 0 Å². The smallest absolute Gasteiger partial charge is 0.0471 e. The minimum absolute atomic E-state index is 0.154. The van der Waals surface area contributed by atoms with E-state index < -0.39 is 0 Å². The van der Waals surface area contributed by atoms with E-state index in [9.17, 15) is 0 Å². The van der Waals surface area contributed by atoms with E-state index in [-0.39, 0.29) is 12.5 Å². The molecule has 15 heavy (non-hydrogen) atoms. The molecule has 0 aliphatic carbocycles. The summed E-state index contributed by atoms with van der Waals surface area (Å²) in [4.78, 5) is 0. The van der Waals surface area contributed by atoms with E-state index in [1.807, 2.05) is 18.2 Å². The highest BCUT2D eigenvalue weighted by Crippen LogP contribution is 2.24. The summed E-state index contributed by atoms with van der Waals surface area (Å²) in [6.45, 7) is 2.81. The molecule has 0 aromatic heterocycles. The van der Waals surface area contributed by atoms with Crippen LogP contribution < -0.4 is 5.73 Å². The maximum Gasteiger partial charge on any atom is 0.0471 e. The van der Waals surface area contributed by atoms with Crippen molar-refractivity contribution in [1.29, 1.82) is 0 Å². The summed E-state index contributed by atoms with van der Waals surface area (Å²) in [6.07, 6.45) is 0.896. The Hall–Kier alpha value is -0.570. The molecule has 3 N–H and O–H groups in total. The van der Waals surface area contributed by atoms with E-state index in [0.29, 0.717) is 12.5 Å². The lowest BCUT2D eigenvalue weighted by Crippen LogP contribution is -2.20.